The Morgan fingerprint density at radius 1 is 0.703 bits per heavy atom. The molecule has 6 heteroatoms. The summed E-state index contributed by atoms with van der Waals surface area (Å²) < 4.78 is 27.3. The quantitative estimate of drug-likeness (QED) is 0.391. The molecule has 0 aromatic rings. The van der Waals surface area contributed by atoms with Crippen LogP contribution in [0.25, 0.3) is 0 Å². The summed E-state index contributed by atoms with van der Waals surface area (Å²) in [5, 5.41) is 0. The predicted octanol–water partition coefficient (Wildman–Crippen LogP) is 6.76. The van der Waals surface area contributed by atoms with E-state index in [-0.39, 0.29) is 42.6 Å². The number of aliphatic imine (C=N–C) groups is 2. The van der Waals surface area contributed by atoms with Gasteiger partial charge in [0.05, 0.1) is 55.7 Å². The molecule has 10 atom stereocenters. The van der Waals surface area contributed by atoms with Gasteiger partial charge in [-0.25, -0.2) is 9.98 Å². The van der Waals surface area contributed by atoms with Crippen molar-refractivity contribution < 1.29 is 18.9 Å². The van der Waals surface area contributed by atoms with Crippen LogP contribution in [-0.4, -0.2) is 67.9 Å². The van der Waals surface area contributed by atoms with Gasteiger partial charge in [0.1, 0.15) is 12.2 Å². The minimum absolute atomic E-state index is 0.0775. The topological polar surface area (TPSA) is 61.6 Å². The van der Waals surface area contributed by atoms with Gasteiger partial charge in [-0.2, -0.15) is 0 Å². The second-order valence-corrected chi connectivity index (χ2v) is 12.8. The first-order valence-corrected chi connectivity index (χ1v) is 15.9. The molecule has 0 radical (unpaired) electrons. The van der Waals surface area contributed by atoms with Gasteiger partial charge >= 0.3 is 0 Å². The average molecular weight is 517 g/mol. The molecular weight excluding hydrogens is 464 g/mol. The molecule has 1 heterocycles. The maximum absolute atomic E-state index is 6.99. The normalized spacial score (nSPS) is 42.3. The molecule has 6 nitrogen and oxygen atoms in total. The molecule has 10 unspecified atom stereocenters. The van der Waals surface area contributed by atoms with Crippen molar-refractivity contribution in [1.82, 2.24) is 0 Å². The average Bonchev–Trinajstić information content (AvgIpc) is 2.95. The Balaban J connectivity index is 1.36. The zero-order valence-electron chi connectivity index (χ0n) is 23.5. The van der Waals surface area contributed by atoms with Gasteiger partial charge in [-0.3, -0.25) is 0 Å². The highest BCUT2D eigenvalue weighted by Gasteiger charge is 2.37. The molecule has 0 aromatic carbocycles. The number of rotatable bonds is 6. The zero-order chi connectivity index (χ0) is 25.5. The van der Waals surface area contributed by atoms with Gasteiger partial charge < -0.3 is 18.9 Å². The van der Waals surface area contributed by atoms with E-state index in [9.17, 15) is 0 Å². The zero-order valence-corrected chi connectivity index (χ0v) is 23.5. The first-order chi connectivity index (χ1) is 18.2. The molecule has 5 rings (SSSR count). The van der Waals surface area contributed by atoms with Crippen molar-refractivity contribution >= 4 is 6.01 Å². The minimum atomic E-state index is -0.144. The number of nitrogens with zero attached hydrogens (tertiary/aromatic N) is 2. The number of hydrogen-bond acceptors (Lipinski definition) is 6. The Hall–Kier alpha value is -0.780. The third kappa shape index (κ3) is 7.66. The highest BCUT2D eigenvalue weighted by molar-refractivity contribution is 5.42. The van der Waals surface area contributed by atoms with Crippen molar-refractivity contribution in [1.29, 1.82) is 0 Å². The maximum atomic E-state index is 6.99. The van der Waals surface area contributed by atoms with Crippen LogP contribution in [0.3, 0.4) is 0 Å². The molecule has 0 amide bonds. The fourth-order valence-corrected chi connectivity index (χ4v) is 7.35. The van der Waals surface area contributed by atoms with E-state index in [1.165, 1.54) is 64.2 Å². The number of fused-ring (bicyclic) bond motifs is 2. The van der Waals surface area contributed by atoms with Gasteiger partial charge in [0.15, 0.2) is 0 Å². The van der Waals surface area contributed by atoms with Gasteiger partial charge in [-0.15, -0.1) is 0 Å². The lowest BCUT2D eigenvalue weighted by Gasteiger charge is -2.40. The lowest BCUT2D eigenvalue weighted by Crippen LogP contribution is -2.48. The van der Waals surface area contributed by atoms with Crippen LogP contribution in [0.2, 0.25) is 0 Å². The summed E-state index contributed by atoms with van der Waals surface area (Å²) >= 11 is 0. The van der Waals surface area contributed by atoms with E-state index in [0.29, 0.717) is 31.2 Å². The molecule has 0 aromatic heterocycles. The maximum Gasteiger partial charge on any atom is 0.110 e. The van der Waals surface area contributed by atoms with Crippen molar-refractivity contribution in [2.45, 2.75) is 165 Å². The van der Waals surface area contributed by atoms with Gasteiger partial charge in [0.2, 0.25) is 0 Å². The minimum Gasteiger partial charge on any atom is -0.375 e. The van der Waals surface area contributed by atoms with Crippen molar-refractivity contribution in [3.8, 4) is 0 Å². The fourth-order valence-electron chi connectivity index (χ4n) is 7.35. The van der Waals surface area contributed by atoms with E-state index in [2.05, 4.69) is 19.9 Å². The fraction of sp³-hybridized carbons (Fsp3) is 0.968. The van der Waals surface area contributed by atoms with Crippen LogP contribution in [0, 0.1) is 11.8 Å². The molecule has 0 N–H and O–H groups in total. The van der Waals surface area contributed by atoms with E-state index >= 15 is 0 Å². The molecule has 0 bridgehead atoms. The van der Waals surface area contributed by atoms with E-state index in [1.54, 1.807) is 0 Å². The second kappa shape index (κ2) is 14.0. The van der Waals surface area contributed by atoms with Gasteiger partial charge in [0.25, 0.3) is 0 Å². The van der Waals surface area contributed by atoms with E-state index in [1.807, 2.05) is 0 Å². The standard InChI is InChI=1S/C31H52N2O4/c1-22-11-3-7-15-26(22)34-19-30(36-27-16-8-4-12-23(27)2)31-20-35-28-17-9-5-13-24(28)32-21-33-25-14-6-10-18-29(25)37-31/h22-31H,3-20H2,1-2H3. The highest BCUT2D eigenvalue weighted by atomic mass is 16.6. The molecule has 4 aliphatic carbocycles. The SMILES string of the molecule is CC1CCCCC1OCC(OC1CCCCC1C)C1COC2CCCCC2N=C=NC2CCCCC2O1. The third-order valence-corrected chi connectivity index (χ3v) is 9.91. The summed E-state index contributed by atoms with van der Waals surface area (Å²) in [4.78, 5) is 9.59. The van der Waals surface area contributed by atoms with Gasteiger partial charge in [-0.05, 0) is 63.2 Å². The van der Waals surface area contributed by atoms with E-state index in [4.69, 9.17) is 28.9 Å². The molecule has 0 spiro atoms. The smallest absolute Gasteiger partial charge is 0.110 e. The van der Waals surface area contributed by atoms with Gasteiger partial charge in [0, 0.05) is 0 Å². The van der Waals surface area contributed by atoms with Crippen molar-refractivity contribution in [3.05, 3.63) is 0 Å². The Bertz CT molecular complexity index is 755. The van der Waals surface area contributed by atoms with Crippen molar-refractivity contribution in [3.63, 3.8) is 0 Å². The number of ether oxygens (including phenoxy) is 4. The second-order valence-electron chi connectivity index (χ2n) is 12.8. The molecule has 210 valence electrons. The summed E-state index contributed by atoms with van der Waals surface area (Å²) in [6, 6.07) is 3.40. The lowest BCUT2D eigenvalue weighted by molar-refractivity contribution is -0.193. The molecule has 5 aliphatic rings. The van der Waals surface area contributed by atoms with Crippen LogP contribution in [0.4, 0.5) is 0 Å². The van der Waals surface area contributed by atoms with Crippen LogP contribution in [0.15, 0.2) is 9.98 Å². The first kappa shape index (κ1) is 27.8. The van der Waals surface area contributed by atoms with Crippen LogP contribution >= 0.6 is 0 Å². The van der Waals surface area contributed by atoms with Crippen molar-refractivity contribution in [2.75, 3.05) is 13.2 Å². The summed E-state index contributed by atoms with van der Waals surface area (Å²) in [5.74, 6) is 1.20. The van der Waals surface area contributed by atoms with E-state index < -0.39 is 0 Å². The molecule has 4 fully saturated rings. The lowest BCUT2D eigenvalue weighted by atomic mass is 9.87. The van der Waals surface area contributed by atoms with Gasteiger partial charge in [-0.1, -0.05) is 65.2 Å². The Labute approximate surface area is 225 Å². The number of hydrogen-bond donors (Lipinski definition) is 0. The largest absolute Gasteiger partial charge is 0.375 e. The molecule has 0 saturated heterocycles. The summed E-state index contributed by atoms with van der Waals surface area (Å²) in [5.41, 5.74) is 0. The summed E-state index contributed by atoms with van der Waals surface area (Å²) in [7, 11) is 0. The molecule has 4 saturated carbocycles. The Kier molecular flexibility index (Phi) is 10.5. The Morgan fingerprint density at radius 3 is 1.97 bits per heavy atom. The third-order valence-electron chi connectivity index (χ3n) is 9.91. The monoisotopic (exact) mass is 516 g/mol. The summed E-state index contributed by atoms with van der Waals surface area (Å²) in [6.45, 7) is 5.85. The molecule has 1 aliphatic heterocycles. The van der Waals surface area contributed by atoms with E-state index in [0.717, 1.165) is 38.5 Å². The molecule has 37 heavy (non-hydrogen) atoms. The van der Waals surface area contributed by atoms with Crippen LogP contribution in [-0.2, 0) is 18.9 Å². The van der Waals surface area contributed by atoms with Crippen LogP contribution in [0.5, 0.6) is 0 Å². The van der Waals surface area contributed by atoms with Crippen molar-refractivity contribution in [2.24, 2.45) is 21.8 Å². The molecular formula is C31H52N2O4. The van der Waals surface area contributed by atoms with Crippen LogP contribution in [0.1, 0.15) is 117 Å². The predicted molar refractivity (Wildman–Crippen MR) is 146 cm³/mol. The summed E-state index contributed by atoms with van der Waals surface area (Å²) in [6.07, 6.45) is 19.5. The first-order valence-electron chi connectivity index (χ1n) is 15.9. The van der Waals surface area contributed by atoms with Crippen LogP contribution < -0.4 is 0 Å². The highest BCUT2D eigenvalue weighted by Crippen LogP contribution is 2.33. The Morgan fingerprint density at radius 2 is 1.27 bits per heavy atom.